The fraction of sp³-hybridized carbons (Fsp3) is 0.533. The summed E-state index contributed by atoms with van der Waals surface area (Å²) in [6.07, 6.45) is 0. The van der Waals surface area contributed by atoms with Gasteiger partial charge in [-0.3, -0.25) is 4.79 Å². The van der Waals surface area contributed by atoms with Crippen LogP contribution < -0.4 is 10.6 Å². The number of hydrogen-bond donors (Lipinski definition) is 2. The van der Waals surface area contributed by atoms with E-state index in [0.29, 0.717) is 31.9 Å². The minimum absolute atomic E-state index is 0. The molecule has 2 N–H and O–H groups in total. The zero-order chi connectivity index (χ0) is 17.7. The van der Waals surface area contributed by atoms with Crippen molar-refractivity contribution in [1.82, 2.24) is 9.62 Å². The standard InChI is InChI=1S/C15H22ClN3O4S.ClH/c1-3-19(4-2)24(21,22)14-9-11(5-6-12(14)16)18-15(20)13-10-23-8-7-17-13;/h5-6,9,13,17H,3-4,7-8,10H2,1-2H3,(H,18,20);1H. The number of anilines is 1. The fourth-order valence-corrected chi connectivity index (χ4v) is 4.40. The van der Waals surface area contributed by atoms with Crippen molar-refractivity contribution in [2.24, 2.45) is 0 Å². The van der Waals surface area contributed by atoms with Gasteiger partial charge in [0.1, 0.15) is 10.9 Å². The molecule has 1 aliphatic rings. The maximum Gasteiger partial charge on any atom is 0.244 e. The highest BCUT2D eigenvalue weighted by Crippen LogP contribution is 2.27. The van der Waals surface area contributed by atoms with Crippen molar-refractivity contribution < 1.29 is 17.9 Å². The zero-order valence-corrected chi connectivity index (χ0v) is 16.5. The van der Waals surface area contributed by atoms with Crippen LogP contribution in [0.3, 0.4) is 0 Å². The summed E-state index contributed by atoms with van der Waals surface area (Å²) in [5.41, 5.74) is 0.377. The van der Waals surface area contributed by atoms with Crippen LogP contribution in [0, 0.1) is 0 Å². The van der Waals surface area contributed by atoms with E-state index < -0.39 is 16.1 Å². The van der Waals surface area contributed by atoms with Gasteiger partial charge in [-0.05, 0) is 18.2 Å². The minimum atomic E-state index is -3.71. The van der Waals surface area contributed by atoms with Crippen LogP contribution in [0.1, 0.15) is 13.8 Å². The summed E-state index contributed by atoms with van der Waals surface area (Å²) < 4.78 is 31.9. The summed E-state index contributed by atoms with van der Waals surface area (Å²) in [6, 6.07) is 3.97. The SMILES string of the molecule is CCN(CC)S(=O)(=O)c1cc(NC(=O)C2COCCN2)ccc1Cl.Cl. The first-order valence-corrected chi connectivity index (χ1v) is 9.63. The van der Waals surface area contributed by atoms with Gasteiger partial charge in [0.25, 0.3) is 0 Å². The van der Waals surface area contributed by atoms with Gasteiger partial charge < -0.3 is 15.4 Å². The van der Waals surface area contributed by atoms with Crippen molar-refractivity contribution in [2.45, 2.75) is 24.8 Å². The van der Waals surface area contributed by atoms with Gasteiger partial charge in [0.15, 0.2) is 0 Å². The number of carbonyl (C=O) groups excluding carboxylic acids is 1. The summed E-state index contributed by atoms with van der Waals surface area (Å²) in [4.78, 5) is 12.2. The van der Waals surface area contributed by atoms with Crippen LogP contribution in [-0.4, -0.2) is 57.5 Å². The second-order valence-electron chi connectivity index (χ2n) is 5.31. The Bertz CT molecular complexity index is 690. The van der Waals surface area contributed by atoms with Crippen molar-refractivity contribution in [1.29, 1.82) is 0 Å². The molecule has 0 aliphatic carbocycles. The first-order chi connectivity index (χ1) is 11.4. The molecule has 1 saturated heterocycles. The molecule has 7 nitrogen and oxygen atoms in total. The summed E-state index contributed by atoms with van der Waals surface area (Å²) in [5.74, 6) is -0.275. The number of carbonyl (C=O) groups is 1. The Balaban J connectivity index is 0.00000312. The minimum Gasteiger partial charge on any atom is -0.378 e. The van der Waals surface area contributed by atoms with Gasteiger partial charge in [0.2, 0.25) is 15.9 Å². The molecule has 25 heavy (non-hydrogen) atoms. The molecule has 142 valence electrons. The van der Waals surface area contributed by atoms with E-state index in [1.165, 1.54) is 16.4 Å². The van der Waals surface area contributed by atoms with Crippen molar-refractivity contribution in [3.63, 3.8) is 0 Å². The van der Waals surface area contributed by atoms with Gasteiger partial charge in [0.05, 0.1) is 18.2 Å². The third-order valence-electron chi connectivity index (χ3n) is 3.76. The second kappa shape index (κ2) is 9.70. The molecule has 1 heterocycles. The lowest BCUT2D eigenvalue weighted by atomic mass is 10.2. The van der Waals surface area contributed by atoms with Gasteiger partial charge in [-0.15, -0.1) is 12.4 Å². The molecule has 2 rings (SSSR count). The van der Waals surface area contributed by atoms with Crippen molar-refractivity contribution in [3.8, 4) is 0 Å². The van der Waals surface area contributed by atoms with E-state index in [9.17, 15) is 13.2 Å². The summed E-state index contributed by atoms with van der Waals surface area (Å²) in [6.45, 7) is 5.65. The first kappa shape index (κ1) is 22.1. The number of ether oxygens (including phenoxy) is 1. The maximum absolute atomic E-state index is 12.7. The quantitative estimate of drug-likeness (QED) is 0.743. The summed E-state index contributed by atoms with van der Waals surface area (Å²) in [7, 11) is -3.71. The predicted molar refractivity (Wildman–Crippen MR) is 100 cm³/mol. The van der Waals surface area contributed by atoms with Crippen LogP contribution in [0.25, 0.3) is 0 Å². The average molecular weight is 412 g/mol. The topological polar surface area (TPSA) is 87.7 Å². The van der Waals surface area contributed by atoms with Crippen molar-refractivity contribution in [2.75, 3.05) is 38.2 Å². The smallest absolute Gasteiger partial charge is 0.244 e. The van der Waals surface area contributed by atoms with E-state index in [2.05, 4.69) is 10.6 Å². The van der Waals surface area contributed by atoms with Gasteiger partial charge >= 0.3 is 0 Å². The van der Waals surface area contributed by atoms with Gasteiger partial charge in [0, 0.05) is 25.3 Å². The lowest BCUT2D eigenvalue weighted by molar-refractivity contribution is -0.120. The van der Waals surface area contributed by atoms with Crippen molar-refractivity contribution in [3.05, 3.63) is 23.2 Å². The Labute approximate surface area is 159 Å². The molecule has 0 spiro atoms. The Morgan fingerprint density at radius 1 is 1.40 bits per heavy atom. The molecule has 1 unspecified atom stereocenters. The number of amides is 1. The maximum atomic E-state index is 12.7. The Morgan fingerprint density at radius 3 is 2.64 bits per heavy atom. The largest absolute Gasteiger partial charge is 0.378 e. The number of sulfonamides is 1. The Hall–Kier alpha value is -0.900. The molecule has 0 bridgehead atoms. The zero-order valence-electron chi connectivity index (χ0n) is 14.1. The summed E-state index contributed by atoms with van der Waals surface area (Å²) >= 11 is 6.07. The second-order valence-corrected chi connectivity index (χ2v) is 7.62. The number of nitrogens with zero attached hydrogens (tertiary/aromatic N) is 1. The molecular formula is C15H23Cl2N3O4S. The molecule has 1 fully saturated rings. The Morgan fingerprint density at radius 2 is 2.08 bits per heavy atom. The van der Waals surface area contributed by atoms with Crippen LogP contribution >= 0.6 is 24.0 Å². The van der Waals surface area contributed by atoms with Crippen molar-refractivity contribution >= 4 is 45.6 Å². The fourth-order valence-electron chi connectivity index (χ4n) is 2.44. The molecule has 1 aromatic rings. The van der Waals surface area contributed by atoms with Crippen LogP contribution in [0.15, 0.2) is 23.1 Å². The number of nitrogens with one attached hydrogen (secondary N) is 2. The third kappa shape index (κ3) is 5.29. The molecule has 10 heteroatoms. The van der Waals surface area contributed by atoms with E-state index >= 15 is 0 Å². The number of benzene rings is 1. The highest BCUT2D eigenvalue weighted by molar-refractivity contribution is 7.89. The molecule has 1 amide bonds. The first-order valence-electron chi connectivity index (χ1n) is 7.81. The Kier molecular flexibility index (Phi) is 8.59. The van der Waals surface area contributed by atoms with Gasteiger partial charge in [-0.2, -0.15) is 4.31 Å². The normalized spacial score (nSPS) is 17.8. The van der Waals surface area contributed by atoms with Crippen LogP contribution in [-0.2, 0) is 19.6 Å². The number of halogens is 2. The lowest BCUT2D eigenvalue weighted by Crippen LogP contribution is -2.48. The van der Waals surface area contributed by atoms with Gasteiger partial charge in [-0.1, -0.05) is 25.4 Å². The van der Waals surface area contributed by atoms with E-state index in [1.54, 1.807) is 19.9 Å². The van der Waals surface area contributed by atoms with Crippen LogP contribution in [0.5, 0.6) is 0 Å². The monoisotopic (exact) mass is 411 g/mol. The van der Waals surface area contributed by atoms with E-state index in [-0.39, 0.29) is 34.8 Å². The molecular weight excluding hydrogens is 389 g/mol. The van der Waals surface area contributed by atoms with Crippen LogP contribution in [0.4, 0.5) is 5.69 Å². The average Bonchev–Trinajstić information content (AvgIpc) is 2.58. The number of rotatable bonds is 6. The lowest BCUT2D eigenvalue weighted by Gasteiger charge is -2.23. The third-order valence-corrected chi connectivity index (χ3v) is 6.29. The highest BCUT2D eigenvalue weighted by Gasteiger charge is 2.26. The predicted octanol–water partition coefficient (Wildman–Crippen LogP) is 1.72. The molecule has 0 saturated carbocycles. The van der Waals surface area contributed by atoms with E-state index in [4.69, 9.17) is 16.3 Å². The van der Waals surface area contributed by atoms with E-state index in [1.807, 2.05) is 0 Å². The summed E-state index contributed by atoms with van der Waals surface area (Å²) in [5, 5.41) is 5.87. The van der Waals surface area contributed by atoms with Gasteiger partial charge in [-0.25, -0.2) is 8.42 Å². The van der Waals surface area contributed by atoms with Crippen LogP contribution in [0.2, 0.25) is 5.02 Å². The van der Waals surface area contributed by atoms with E-state index in [0.717, 1.165) is 0 Å². The molecule has 1 aromatic carbocycles. The number of morpholine rings is 1. The number of hydrogen-bond acceptors (Lipinski definition) is 5. The molecule has 1 atom stereocenters. The highest BCUT2D eigenvalue weighted by atomic mass is 35.5. The molecule has 0 radical (unpaired) electrons. The molecule has 0 aromatic heterocycles. The molecule has 1 aliphatic heterocycles.